The lowest BCUT2D eigenvalue weighted by Crippen LogP contribution is -2.28. The van der Waals surface area contributed by atoms with E-state index in [4.69, 9.17) is 39.5 Å². The maximum absolute atomic E-state index is 12.4. The van der Waals surface area contributed by atoms with Crippen LogP contribution < -0.4 is 9.46 Å². The second kappa shape index (κ2) is 8.97. The van der Waals surface area contributed by atoms with Gasteiger partial charge < -0.3 is 4.74 Å². The van der Waals surface area contributed by atoms with Crippen molar-refractivity contribution < 1.29 is 13.2 Å². The average Bonchev–Trinajstić information content (AvgIpc) is 3.16. The van der Waals surface area contributed by atoms with Crippen LogP contribution in [0.3, 0.4) is 0 Å². The van der Waals surface area contributed by atoms with Crippen LogP contribution in [-0.2, 0) is 10.0 Å². The highest BCUT2D eigenvalue weighted by atomic mass is 35.5. The molecule has 0 atom stereocenters. The molecular weight excluding hydrogens is 485 g/mol. The fourth-order valence-corrected chi connectivity index (χ4v) is 4.34. The molecule has 0 spiro atoms. The first-order chi connectivity index (χ1) is 14.8. The number of hydrogen-bond acceptors (Lipinski definition) is 6. The van der Waals surface area contributed by atoms with Gasteiger partial charge in [0.1, 0.15) is 6.61 Å². The van der Waals surface area contributed by atoms with Gasteiger partial charge in [-0.25, -0.2) is 13.1 Å². The highest BCUT2D eigenvalue weighted by Gasteiger charge is 2.16. The molecule has 0 radical (unpaired) electrons. The summed E-state index contributed by atoms with van der Waals surface area (Å²) in [6.07, 6.45) is 0. The van der Waals surface area contributed by atoms with E-state index < -0.39 is 10.0 Å². The molecule has 0 bridgehead atoms. The van der Waals surface area contributed by atoms with Gasteiger partial charge in [0.25, 0.3) is 0 Å². The van der Waals surface area contributed by atoms with Gasteiger partial charge in [0.05, 0.1) is 20.0 Å². The second-order valence-corrected chi connectivity index (χ2v) is 9.26. The van der Waals surface area contributed by atoms with Gasteiger partial charge in [-0.05, 0) is 36.4 Å². The van der Waals surface area contributed by atoms with Gasteiger partial charge in [-0.15, -0.1) is 15.3 Å². The van der Waals surface area contributed by atoms with E-state index in [-0.39, 0.29) is 34.0 Å². The van der Waals surface area contributed by atoms with Crippen molar-refractivity contribution >= 4 is 50.5 Å². The molecule has 0 saturated heterocycles. The van der Waals surface area contributed by atoms with Crippen LogP contribution in [0.1, 0.15) is 0 Å². The van der Waals surface area contributed by atoms with Gasteiger partial charge in [-0.3, -0.25) is 0 Å². The van der Waals surface area contributed by atoms with Crippen molar-refractivity contribution in [3.63, 3.8) is 0 Å². The average molecular weight is 499 g/mol. The summed E-state index contributed by atoms with van der Waals surface area (Å²) in [7, 11) is -3.76. The summed E-state index contributed by atoms with van der Waals surface area (Å²) in [6.45, 7) is 0.0600. The fraction of sp³-hybridized carbons (Fsp3) is 0.105. The minimum atomic E-state index is -3.76. The number of fused-ring (bicyclic) bond motifs is 1. The van der Waals surface area contributed by atoms with Gasteiger partial charge in [0.2, 0.25) is 15.9 Å². The van der Waals surface area contributed by atoms with E-state index in [1.807, 2.05) is 18.2 Å². The summed E-state index contributed by atoms with van der Waals surface area (Å²) < 4.78 is 34.3. The predicted molar refractivity (Wildman–Crippen MR) is 118 cm³/mol. The molecule has 0 aliphatic carbocycles. The third-order valence-electron chi connectivity index (χ3n) is 4.20. The number of halogens is 3. The number of nitrogens with one attached hydrogen (secondary N) is 1. The van der Waals surface area contributed by atoms with E-state index in [0.29, 0.717) is 22.1 Å². The number of ether oxygens (including phenoxy) is 1. The van der Waals surface area contributed by atoms with Crippen molar-refractivity contribution in [2.24, 2.45) is 0 Å². The first-order valence-corrected chi connectivity index (χ1v) is 11.5. The van der Waals surface area contributed by atoms with Crippen LogP contribution in [0.2, 0.25) is 15.1 Å². The molecule has 2 heterocycles. The highest BCUT2D eigenvalue weighted by molar-refractivity contribution is 7.89. The lowest BCUT2D eigenvalue weighted by atomic mass is 10.2. The Morgan fingerprint density at radius 2 is 1.74 bits per heavy atom. The van der Waals surface area contributed by atoms with Gasteiger partial charge in [-0.2, -0.15) is 4.52 Å². The van der Waals surface area contributed by atoms with Crippen molar-refractivity contribution in [3.8, 4) is 17.3 Å². The zero-order valence-electron chi connectivity index (χ0n) is 15.7. The minimum Gasteiger partial charge on any atom is -0.475 e. The smallest absolute Gasteiger partial charge is 0.240 e. The molecule has 0 unspecified atom stereocenters. The Balaban J connectivity index is 1.44. The second-order valence-electron chi connectivity index (χ2n) is 6.27. The minimum absolute atomic E-state index is 0.00955. The largest absolute Gasteiger partial charge is 0.475 e. The summed E-state index contributed by atoms with van der Waals surface area (Å²) in [4.78, 5) is 0.00955. The molecule has 31 heavy (non-hydrogen) atoms. The number of nitrogens with zero attached hydrogens (tertiary/aromatic N) is 4. The van der Waals surface area contributed by atoms with E-state index in [1.54, 1.807) is 18.2 Å². The Morgan fingerprint density at radius 1 is 0.935 bits per heavy atom. The van der Waals surface area contributed by atoms with Crippen molar-refractivity contribution in [3.05, 3.63) is 69.7 Å². The van der Waals surface area contributed by atoms with E-state index in [0.717, 1.165) is 0 Å². The van der Waals surface area contributed by atoms with Crippen LogP contribution in [0.25, 0.3) is 17.0 Å². The predicted octanol–water partition coefficient (Wildman–Crippen LogP) is 4.11. The lowest BCUT2D eigenvalue weighted by molar-refractivity contribution is 0.306. The fourth-order valence-electron chi connectivity index (χ4n) is 2.72. The molecule has 2 aromatic heterocycles. The monoisotopic (exact) mass is 497 g/mol. The molecule has 0 aliphatic rings. The first kappa shape index (κ1) is 21.8. The molecule has 12 heteroatoms. The summed E-state index contributed by atoms with van der Waals surface area (Å²) in [6, 6.07) is 14.6. The summed E-state index contributed by atoms with van der Waals surface area (Å²) >= 11 is 18.0. The maximum atomic E-state index is 12.4. The van der Waals surface area contributed by atoms with Gasteiger partial charge in [-0.1, -0.05) is 46.9 Å². The first-order valence-electron chi connectivity index (χ1n) is 8.90. The summed E-state index contributed by atoms with van der Waals surface area (Å²) in [5.41, 5.74) is 1.19. The van der Waals surface area contributed by atoms with Crippen molar-refractivity contribution in [2.45, 2.75) is 4.90 Å². The Hall–Kier alpha value is -2.43. The zero-order chi connectivity index (χ0) is 22.0. The Labute approximate surface area is 192 Å². The van der Waals surface area contributed by atoms with Crippen LogP contribution in [0.4, 0.5) is 0 Å². The topological polar surface area (TPSA) is 98.5 Å². The lowest BCUT2D eigenvalue weighted by Gasteiger charge is -2.09. The number of rotatable bonds is 7. The molecule has 0 saturated carbocycles. The Bertz CT molecular complexity index is 1360. The highest BCUT2D eigenvalue weighted by Crippen LogP contribution is 2.27. The van der Waals surface area contributed by atoms with Crippen LogP contribution in [0.15, 0.2) is 59.5 Å². The van der Waals surface area contributed by atoms with Gasteiger partial charge in [0.15, 0.2) is 11.5 Å². The molecule has 2 aromatic carbocycles. The van der Waals surface area contributed by atoms with E-state index >= 15 is 0 Å². The quantitative estimate of drug-likeness (QED) is 0.385. The van der Waals surface area contributed by atoms with E-state index in [2.05, 4.69) is 20.0 Å². The van der Waals surface area contributed by atoms with Crippen LogP contribution in [0.5, 0.6) is 5.88 Å². The van der Waals surface area contributed by atoms with Crippen LogP contribution >= 0.6 is 34.8 Å². The maximum Gasteiger partial charge on any atom is 0.240 e. The number of sulfonamides is 1. The molecule has 1 N–H and O–H groups in total. The summed E-state index contributed by atoms with van der Waals surface area (Å²) in [5.74, 6) is 0.737. The standard InChI is InChI=1S/C19H14Cl3N5O3S/c20-14-4-2-1-3-13(14)19-25-24-17-7-8-18(26-27(17)19)30-10-9-23-31(28,29)12-5-6-15(21)16(22)11-12/h1-8,11,23H,9-10H2. The third kappa shape index (κ3) is 4.76. The molecule has 160 valence electrons. The molecular formula is C19H14Cl3N5O3S. The van der Waals surface area contributed by atoms with Gasteiger partial charge in [0, 0.05) is 18.2 Å². The van der Waals surface area contributed by atoms with Crippen molar-refractivity contribution in [2.75, 3.05) is 13.2 Å². The van der Waals surface area contributed by atoms with Crippen LogP contribution in [-0.4, -0.2) is 41.4 Å². The molecule has 0 amide bonds. The SMILES string of the molecule is O=S(=O)(NCCOc1ccc2nnc(-c3ccccc3Cl)n2n1)c1ccc(Cl)c(Cl)c1. The molecule has 4 aromatic rings. The summed E-state index contributed by atoms with van der Waals surface area (Å²) in [5, 5.41) is 13.5. The normalized spacial score (nSPS) is 11.7. The van der Waals surface area contributed by atoms with E-state index in [1.165, 1.54) is 22.7 Å². The number of benzene rings is 2. The van der Waals surface area contributed by atoms with Crippen molar-refractivity contribution in [1.29, 1.82) is 0 Å². The molecule has 4 rings (SSSR count). The number of aromatic nitrogens is 4. The zero-order valence-corrected chi connectivity index (χ0v) is 18.8. The third-order valence-corrected chi connectivity index (χ3v) is 6.73. The van der Waals surface area contributed by atoms with Crippen molar-refractivity contribution in [1.82, 2.24) is 24.5 Å². The van der Waals surface area contributed by atoms with Crippen LogP contribution in [0, 0.1) is 0 Å². The Kier molecular flexibility index (Phi) is 6.31. The molecule has 8 nitrogen and oxygen atoms in total. The Morgan fingerprint density at radius 3 is 2.52 bits per heavy atom. The molecule has 0 aliphatic heterocycles. The molecule has 0 fully saturated rings. The number of hydrogen-bond donors (Lipinski definition) is 1. The van der Waals surface area contributed by atoms with E-state index in [9.17, 15) is 8.42 Å². The van der Waals surface area contributed by atoms with Gasteiger partial charge >= 0.3 is 0 Å².